The average molecular weight is 437 g/mol. The molecule has 0 atom stereocenters. The first-order chi connectivity index (χ1) is 16.2. The summed E-state index contributed by atoms with van der Waals surface area (Å²) in [5.74, 6) is 1.41. The summed E-state index contributed by atoms with van der Waals surface area (Å²) in [6.45, 7) is 3.04. The lowest BCUT2D eigenvalue weighted by atomic mass is 9.98. The second-order valence-electron chi connectivity index (χ2n) is 7.79. The summed E-state index contributed by atoms with van der Waals surface area (Å²) in [5.41, 5.74) is 13.0. The molecule has 0 spiro atoms. The second kappa shape index (κ2) is 9.18. The van der Waals surface area contributed by atoms with E-state index in [0.717, 1.165) is 56.6 Å². The minimum atomic E-state index is 0.460. The Hall–Kier alpha value is -4.10. The number of hydrogen-bond donors (Lipinski definition) is 2. The molecule has 5 aromatic rings. The van der Waals surface area contributed by atoms with E-state index < -0.39 is 0 Å². The van der Waals surface area contributed by atoms with Crippen molar-refractivity contribution >= 4 is 10.9 Å². The van der Waals surface area contributed by atoms with Crippen LogP contribution in [0.15, 0.2) is 72.8 Å². The first-order valence-corrected chi connectivity index (χ1v) is 10.9. The van der Waals surface area contributed by atoms with Gasteiger partial charge in [-0.3, -0.25) is 4.98 Å². The quantitative estimate of drug-likeness (QED) is 0.384. The van der Waals surface area contributed by atoms with Crippen LogP contribution < -0.4 is 10.5 Å². The third kappa shape index (κ3) is 4.31. The summed E-state index contributed by atoms with van der Waals surface area (Å²) in [5, 5.41) is 15.4. The number of rotatable bonds is 7. The Labute approximate surface area is 191 Å². The maximum Gasteiger partial charge on any atom is 0.205 e. The SMILES string of the molecule is CCc1cc(OCc2ccc(-c3ccccc3-c3nn[nH]n3)cc2)c2cc(CN)ccc2n1. The minimum absolute atomic E-state index is 0.460. The Morgan fingerprint density at radius 2 is 1.70 bits per heavy atom. The van der Waals surface area contributed by atoms with Crippen LogP contribution in [0.5, 0.6) is 5.75 Å². The van der Waals surface area contributed by atoms with Crippen LogP contribution in [0.2, 0.25) is 0 Å². The molecule has 3 N–H and O–H groups in total. The maximum atomic E-state index is 6.26. The molecule has 0 radical (unpaired) electrons. The highest BCUT2D eigenvalue weighted by atomic mass is 16.5. The molecule has 2 aromatic heterocycles. The molecule has 3 aromatic carbocycles. The Morgan fingerprint density at radius 3 is 2.42 bits per heavy atom. The monoisotopic (exact) mass is 436 g/mol. The predicted octanol–water partition coefficient (Wildman–Crippen LogP) is 4.68. The summed E-state index contributed by atoms with van der Waals surface area (Å²) in [6, 6.07) is 24.5. The van der Waals surface area contributed by atoms with Gasteiger partial charge in [-0.1, -0.05) is 61.5 Å². The zero-order valence-electron chi connectivity index (χ0n) is 18.3. The molecular weight excluding hydrogens is 412 g/mol. The lowest BCUT2D eigenvalue weighted by Crippen LogP contribution is -2.00. The third-order valence-electron chi connectivity index (χ3n) is 5.66. The molecule has 0 aliphatic carbocycles. The van der Waals surface area contributed by atoms with Crippen molar-refractivity contribution in [3.05, 3.63) is 89.6 Å². The average Bonchev–Trinajstić information content (AvgIpc) is 3.42. The molecule has 7 nitrogen and oxygen atoms in total. The normalized spacial score (nSPS) is 11.1. The fourth-order valence-electron chi connectivity index (χ4n) is 3.87. The van der Waals surface area contributed by atoms with Gasteiger partial charge >= 0.3 is 0 Å². The Morgan fingerprint density at radius 1 is 0.909 bits per heavy atom. The molecule has 0 amide bonds. The van der Waals surface area contributed by atoms with Crippen molar-refractivity contribution in [1.82, 2.24) is 25.6 Å². The van der Waals surface area contributed by atoms with E-state index in [1.165, 1.54) is 0 Å². The molecular formula is C26H24N6O. The molecule has 7 heteroatoms. The maximum absolute atomic E-state index is 6.26. The Balaban J connectivity index is 1.40. The minimum Gasteiger partial charge on any atom is -0.488 e. The largest absolute Gasteiger partial charge is 0.488 e. The highest BCUT2D eigenvalue weighted by molar-refractivity contribution is 5.86. The zero-order valence-corrected chi connectivity index (χ0v) is 18.3. The summed E-state index contributed by atoms with van der Waals surface area (Å²) < 4.78 is 6.26. The third-order valence-corrected chi connectivity index (χ3v) is 5.66. The molecule has 0 unspecified atom stereocenters. The first-order valence-electron chi connectivity index (χ1n) is 10.9. The van der Waals surface area contributed by atoms with Crippen LogP contribution in [0.4, 0.5) is 0 Å². The van der Waals surface area contributed by atoms with Crippen molar-refractivity contribution < 1.29 is 4.74 Å². The number of aromatic amines is 1. The van der Waals surface area contributed by atoms with Gasteiger partial charge in [0.2, 0.25) is 5.82 Å². The van der Waals surface area contributed by atoms with Crippen molar-refractivity contribution in [1.29, 1.82) is 0 Å². The number of nitrogens with one attached hydrogen (secondary N) is 1. The predicted molar refractivity (Wildman–Crippen MR) is 128 cm³/mol. The van der Waals surface area contributed by atoms with E-state index in [1.807, 2.05) is 36.4 Å². The smallest absolute Gasteiger partial charge is 0.205 e. The number of pyridine rings is 1. The second-order valence-corrected chi connectivity index (χ2v) is 7.79. The molecule has 0 bridgehead atoms. The van der Waals surface area contributed by atoms with Gasteiger partial charge in [-0.2, -0.15) is 5.21 Å². The van der Waals surface area contributed by atoms with Crippen LogP contribution in [-0.2, 0) is 19.6 Å². The van der Waals surface area contributed by atoms with Gasteiger partial charge < -0.3 is 10.5 Å². The van der Waals surface area contributed by atoms with E-state index in [0.29, 0.717) is 19.0 Å². The highest BCUT2D eigenvalue weighted by Gasteiger charge is 2.11. The van der Waals surface area contributed by atoms with Crippen LogP contribution in [0, 0.1) is 0 Å². The fourth-order valence-corrected chi connectivity index (χ4v) is 3.87. The molecule has 0 saturated carbocycles. The van der Waals surface area contributed by atoms with Gasteiger partial charge in [0.05, 0.1) is 5.52 Å². The Kier molecular flexibility index (Phi) is 5.78. The number of hydrogen-bond acceptors (Lipinski definition) is 6. The van der Waals surface area contributed by atoms with Crippen LogP contribution in [0.1, 0.15) is 23.7 Å². The molecule has 5 rings (SSSR count). The number of nitrogens with zero attached hydrogens (tertiary/aromatic N) is 4. The van der Waals surface area contributed by atoms with Crippen molar-refractivity contribution in [3.63, 3.8) is 0 Å². The molecule has 2 heterocycles. The molecule has 0 fully saturated rings. The van der Waals surface area contributed by atoms with E-state index in [-0.39, 0.29) is 0 Å². The van der Waals surface area contributed by atoms with Gasteiger partial charge in [-0.25, -0.2) is 0 Å². The summed E-state index contributed by atoms with van der Waals surface area (Å²) in [4.78, 5) is 4.72. The van der Waals surface area contributed by atoms with Gasteiger partial charge in [0.1, 0.15) is 12.4 Å². The van der Waals surface area contributed by atoms with Crippen LogP contribution in [0.25, 0.3) is 33.4 Å². The summed E-state index contributed by atoms with van der Waals surface area (Å²) >= 11 is 0. The topological polar surface area (TPSA) is 103 Å². The standard InChI is InChI=1S/C26H24N6O/c1-2-20-14-25(23-13-18(15-27)9-12-24(23)28-20)33-16-17-7-10-19(11-8-17)21-5-3-4-6-22(21)26-29-31-32-30-26/h3-14H,2,15-16,27H2,1H3,(H,29,30,31,32). The molecule has 0 saturated heterocycles. The number of ether oxygens (including phenoxy) is 1. The molecule has 0 aliphatic heterocycles. The number of fused-ring (bicyclic) bond motifs is 1. The summed E-state index contributed by atoms with van der Waals surface area (Å²) in [6.07, 6.45) is 0.847. The number of aromatic nitrogens is 5. The van der Waals surface area contributed by atoms with E-state index in [9.17, 15) is 0 Å². The Bertz CT molecular complexity index is 1380. The number of aryl methyl sites for hydroxylation is 1. The van der Waals surface area contributed by atoms with Crippen LogP contribution in [0.3, 0.4) is 0 Å². The number of tetrazole rings is 1. The van der Waals surface area contributed by atoms with Crippen molar-refractivity contribution in [2.24, 2.45) is 5.73 Å². The van der Waals surface area contributed by atoms with E-state index in [4.69, 9.17) is 15.5 Å². The van der Waals surface area contributed by atoms with Crippen molar-refractivity contribution in [2.45, 2.75) is 26.5 Å². The zero-order chi connectivity index (χ0) is 22.6. The van der Waals surface area contributed by atoms with Gasteiger partial charge in [0.25, 0.3) is 0 Å². The molecule has 0 aliphatic rings. The van der Waals surface area contributed by atoms with Crippen molar-refractivity contribution in [2.75, 3.05) is 0 Å². The first kappa shape index (κ1) is 20.8. The van der Waals surface area contributed by atoms with Gasteiger partial charge in [-0.15, -0.1) is 10.2 Å². The van der Waals surface area contributed by atoms with Gasteiger partial charge in [-0.05, 0) is 46.0 Å². The fraction of sp³-hybridized carbons (Fsp3) is 0.154. The number of benzene rings is 3. The van der Waals surface area contributed by atoms with E-state index >= 15 is 0 Å². The lowest BCUT2D eigenvalue weighted by molar-refractivity contribution is 0.309. The van der Waals surface area contributed by atoms with Crippen molar-refractivity contribution in [3.8, 4) is 28.3 Å². The van der Waals surface area contributed by atoms with Crippen LogP contribution >= 0.6 is 0 Å². The number of nitrogens with two attached hydrogens (primary N) is 1. The van der Waals surface area contributed by atoms with Gasteiger partial charge in [0, 0.05) is 29.3 Å². The number of H-pyrrole nitrogens is 1. The lowest BCUT2D eigenvalue weighted by Gasteiger charge is -2.13. The van der Waals surface area contributed by atoms with Gasteiger partial charge in [0.15, 0.2) is 0 Å². The highest BCUT2D eigenvalue weighted by Crippen LogP contribution is 2.31. The van der Waals surface area contributed by atoms with E-state index in [1.54, 1.807) is 0 Å². The summed E-state index contributed by atoms with van der Waals surface area (Å²) in [7, 11) is 0. The van der Waals surface area contributed by atoms with E-state index in [2.05, 4.69) is 63.9 Å². The van der Waals surface area contributed by atoms with Crippen LogP contribution in [-0.4, -0.2) is 25.6 Å². The molecule has 33 heavy (non-hydrogen) atoms. The molecule has 164 valence electrons.